The molecule has 2 N–H and O–H groups in total. The van der Waals surface area contributed by atoms with Gasteiger partial charge >= 0.3 is 5.97 Å². The van der Waals surface area contributed by atoms with Crippen molar-refractivity contribution < 1.29 is 15.0 Å². The van der Waals surface area contributed by atoms with Crippen LogP contribution in [0.4, 0.5) is 0 Å². The fourth-order valence-corrected chi connectivity index (χ4v) is 2.19. The number of hydrogen-bond acceptors (Lipinski definition) is 2. The standard InChI is InChI=1S/C19H32O3/c1-2-3-12-15-18(20)16-13-10-8-6-4-5-7-9-11-14-17-19(21)22/h13,16,18,20H,2-7,9,11-12,14-15,17H2,1H3,(H,21,22)/b16-13+. The summed E-state index contributed by atoms with van der Waals surface area (Å²) in [5, 5.41) is 18.2. The molecule has 22 heavy (non-hydrogen) atoms. The second-order valence-corrected chi connectivity index (χ2v) is 5.76. The van der Waals surface area contributed by atoms with Gasteiger partial charge in [0.05, 0.1) is 6.10 Å². The molecule has 0 radical (unpaired) electrons. The number of hydrogen-bond donors (Lipinski definition) is 2. The van der Waals surface area contributed by atoms with Crippen molar-refractivity contribution in [3.05, 3.63) is 12.2 Å². The Morgan fingerprint density at radius 1 is 1.05 bits per heavy atom. The van der Waals surface area contributed by atoms with E-state index in [1.165, 1.54) is 12.8 Å². The lowest BCUT2D eigenvalue weighted by Crippen LogP contribution is -2.00. The number of carboxylic acids is 1. The van der Waals surface area contributed by atoms with Crippen LogP contribution in [0.3, 0.4) is 0 Å². The predicted octanol–water partition coefficient (Wildman–Crippen LogP) is 4.69. The summed E-state index contributed by atoms with van der Waals surface area (Å²) in [7, 11) is 0. The molecule has 0 amide bonds. The predicted molar refractivity (Wildman–Crippen MR) is 91.6 cm³/mol. The summed E-state index contributed by atoms with van der Waals surface area (Å²) in [5.41, 5.74) is 0. The summed E-state index contributed by atoms with van der Waals surface area (Å²) in [5.74, 6) is 5.38. The van der Waals surface area contributed by atoms with Gasteiger partial charge in [0.1, 0.15) is 0 Å². The second kappa shape index (κ2) is 16.1. The van der Waals surface area contributed by atoms with Crippen LogP contribution >= 0.6 is 0 Å². The molecule has 0 fully saturated rings. The summed E-state index contributed by atoms with van der Waals surface area (Å²) < 4.78 is 0. The van der Waals surface area contributed by atoms with Crippen molar-refractivity contribution in [3.8, 4) is 11.8 Å². The zero-order valence-corrected chi connectivity index (χ0v) is 14.0. The van der Waals surface area contributed by atoms with E-state index in [0.717, 1.165) is 57.8 Å². The van der Waals surface area contributed by atoms with Crippen LogP contribution in [-0.2, 0) is 4.79 Å². The first-order valence-corrected chi connectivity index (χ1v) is 8.71. The largest absolute Gasteiger partial charge is 0.481 e. The minimum absolute atomic E-state index is 0.294. The van der Waals surface area contributed by atoms with Crippen LogP contribution in [-0.4, -0.2) is 22.3 Å². The van der Waals surface area contributed by atoms with Crippen LogP contribution in [0.5, 0.6) is 0 Å². The third-order valence-corrected chi connectivity index (χ3v) is 3.55. The van der Waals surface area contributed by atoms with E-state index in [1.807, 2.05) is 0 Å². The molecule has 0 aromatic heterocycles. The van der Waals surface area contributed by atoms with E-state index in [1.54, 1.807) is 12.2 Å². The molecule has 0 saturated carbocycles. The van der Waals surface area contributed by atoms with Crippen LogP contribution in [0.25, 0.3) is 0 Å². The highest BCUT2D eigenvalue weighted by Crippen LogP contribution is 2.08. The van der Waals surface area contributed by atoms with E-state index in [-0.39, 0.29) is 6.10 Å². The van der Waals surface area contributed by atoms with E-state index in [0.29, 0.717) is 6.42 Å². The SMILES string of the molecule is CCCCCC(O)/C=C/C#CCCCCCCCCC(=O)O. The van der Waals surface area contributed by atoms with Gasteiger partial charge in [-0.05, 0) is 31.4 Å². The molecule has 0 aliphatic carbocycles. The maximum atomic E-state index is 10.3. The molecule has 0 aromatic carbocycles. The topological polar surface area (TPSA) is 57.5 Å². The summed E-state index contributed by atoms with van der Waals surface area (Å²) in [4.78, 5) is 10.3. The molecule has 3 heteroatoms. The zero-order valence-electron chi connectivity index (χ0n) is 14.0. The lowest BCUT2D eigenvalue weighted by atomic mass is 10.1. The maximum absolute atomic E-state index is 10.3. The van der Waals surface area contributed by atoms with Gasteiger partial charge < -0.3 is 10.2 Å². The third-order valence-electron chi connectivity index (χ3n) is 3.55. The van der Waals surface area contributed by atoms with Crippen LogP contribution in [0.15, 0.2) is 12.2 Å². The molecule has 1 atom stereocenters. The van der Waals surface area contributed by atoms with Crippen LogP contribution < -0.4 is 0 Å². The van der Waals surface area contributed by atoms with E-state index >= 15 is 0 Å². The Labute approximate surface area is 135 Å². The molecule has 3 nitrogen and oxygen atoms in total. The van der Waals surface area contributed by atoms with Gasteiger partial charge in [-0.1, -0.05) is 63.7 Å². The summed E-state index contributed by atoms with van der Waals surface area (Å²) >= 11 is 0. The number of aliphatic hydroxyl groups excluding tert-OH is 1. The Morgan fingerprint density at radius 2 is 1.73 bits per heavy atom. The van der Waals surface area contributed by atoms with Gasteiger partial charge in [0.15, 0.2) is 0 Å². The first-order valence-electron chi connectivity index (χ1n) is 8.71. The van der Waals surface area contributed by atoms with Gasteiger partial charge in [-0.15, -0.1) is 0 Å². The number of rotatable bonds is 13. The van der Waals surface area contributed by atoms with Crippen molar-refractivity contribution >= 4 is 5.97 Å². The Balaban J connectivity index is 3.39. The fraction of sp³-hybridized carbons (Fsp3) is 0.737. The molecule has 0 aliphatic rings. The fourth-order valence-electron chi connectivity index (χ4n) is 2.19. The Morgan fingerprint density at radius 3 is 2.41 bits per heavy atom. The third kappa shape index (κ3) is 16.8. The molecule has 0 heterocycles. The molecule has 0 bridgehead atoms. The second-order valence-electron chi connectivity index (χ2n) is 5.76. The van der Waals surface area contributed by atoms with Gasteiger partial charge in [0.25, 0.3) is 0 Å². The van der Waals surface area contributed by atoms with Crippen LogP contribution in [0.1, 0.15) is 84.0 Å². The molecular formula is C19H32O3. The monoisotopic (exact) mass is 308 g/mol. The van der Waals surface area contributed by atoms with E-state index in [4.69, 9.17) is 5.11 Å². The van der Waals surface area contributed by atoms with E-state index in [2.05, 4.69) is 18.8 Å². The average molecular weight is 308 g/mol. The molecule has 0 rings (SSSR count). The number of aliphatic carboxylic acids is 1. The van der Waals surface area contributed by atoms with Crippen LogP contribution in [0.2, 0.25) is 0 Å². The number of carboxylic acid groups (broad SMARTS) is 1. The van der Waals surface area contributed by atoms with Gasteiger partial charge in [0.2, 0.25) is 0 Å². The molecule has 0 saturated heterocycles. The van der Waals surface area contributed by atoms with Gasteiger partial charge in [-0.2, -0.15) is 0 Å². The molecular weight excluding hydrogens is 276 g/mol. The van der Waals surface area contributed by atoms with E-state index in [9.17, 15) is 9.90 Å². The van der Waals surface area contributed by atoms with Crippen molar-refractivity contribution in [1.29, 1.82) is 0 Å². The van der Waals surface area contributed by atoms with Crippen molar-refractivity contribution in [1.82, 2.24) is 0 Å². The molecule has 1 unspecified atom stereocenters. The summed E-state index contributed by atoms with van der Waals surface area (Å²) in [6, 6.07) is 0. The van der Waals surface area contributed by atoms with Crippen molar-refractivity contribution in [2.45, 2.75) is 90.1 Å². The highest BCUT2D eigenvalue weighted by atomic mass is 16.4. The lowest BCUT2D eigenvalue weighted by Gasteiger charge is -2.02. The molecule has 126 valence electrons. The first kappa shape index (κ1) is 20.7. The maximum Gasteiger partial charge on any atom is 0.303 e. The van der Waals surface area contributed by atoms with Gasteiger partial charge in [-0.25, -0.2) is 0 Å². The number of aliphatic hydroxyl groups is 1. The van der Waals surface area contributed by atoms with Crippen LogP contribution in [0, 0.1) is 11.8 Å². The number of unbranched alkanes of at least 4 members (excludes halogenated alkanes) is 8. The van der Waals surface area contributed by atoms with Gasteiger partial charge in [-0.3, -0.25) is 4.79 Å². The summed E-state index contributed by atoms with van der Waals surface area (Å²) in [6.07, 6.45) is 15.0. The summed E-state index contributed by atoms with van der Waals surface area (Å²) in [6.45, 7) is 2.16. The Kier molecular flexibility index (Phi) is 15.2. The van der Waals surface area contributed by atoms with E-state index < -0.39 is 5.97 Å². The lowest BCUT2D eigenvalue weighted by molar-refractivity contribution is -0.137. The zero-order chi connectivity index (χ0) is 16.5. The highest BCUT2D eigenvalue weighted by molar-refractivity contribution is 5.66. The number of allylic oxidation sites excluding steroid dienone is 1. The van der Waals surface area contributed by atoms with Gasteiger partial charge in [0, 0.05) is 12.8 Å². The van der Waals surface area contributed by atoms with Crippen molar-refractivity contribution in [2.75, 3.05) is 0 Å². The molecule has 0 aromatic rings. The minimum Gasteiger partial charge on any atom is -0.481 e. The first-order chi connectivity index (χ1) is 10.7. The Bertz CT molecular complexity index is 349. The Hall–Kier alpha value is -1.27. The average Bonchev–Trinajstić information content (AvgIpc) is 2.48. The van der Waals surface area contributed by atoms with Crippen molar-refractivity contribution in [2.24, 2.45) is 0 Å². The smallest absolute Gasteiger partial charge is 0.303 e. The highest BCUT2D eigenvalue weighted by Gasteiger charge is 1.97. The number of carbonyl (C=O) groups is 1. The minimum atomic E-state index is -0.696. The quantitative estimate of drug-likeness (QED) is 0.383. The molecule has 0 spiro atoms. The normalized spacial score (nSPS) is 12.1. The van der Waals surface area contributed by atoms with Crippen molar-refractivity contribution in [3.63, 3.8) is 0 Å². The molecule has 0 aliphatic heterocycles.